The van der Waals surface area contributed by atoms with Crippen LogP contribution in [0.25, 0.3) is 0 Å². The van der Waals surface area contributed by atoms with Crippen LogP contribution in [0, 0.1) is 5.92 Å². The minimum atomic E-state index is -3.53. The second kappa shape index (κ2) is 4.86. The van der Waals surface area contributed by atoms with Crippen LogP contribution < -0.4 is 10.5 Å². The molecule has 1 unspecified atom stereocenters. The molecule has 1 atom stereocenters. The van der Waals surface area contributed by atoms with Gasteiger partial charge in [0.15, 0.2) is 0 Å². The molecule has 1 aromatic heterocycles. The van der Waals surface area contributed by atoms with Crippen molar-refractivity contribution >= 4 is 26.5 Å². The Morgan fingerprint density at radius 2 is 2.20 bits per heavy atom. The lowest BCUT2D eigenvalue weighted by Gasteiger charge is -2.08. The number of hydrogen-bond acceptors (Lipinski definition) is 6. The van der Waals surface area contributed by atoms with Gasteiger partial charge >= 0.3 is 0 Å². The van der Waals surface area contributed by atoms with Gasteiger partial charge in [-0.15, -0.1) is 10.2 Å². The Kier molecular flexibility index (Phi) is 4.00. The fourth-order valence-corrected chi connectivity index (χ4v) is 2.78. The summed E-state index contributed by atoms with van der Waals surface area (Å²) >= 11 is 0.859. The molecule has 0 aliphatic carbocycles. The highest BCUT2D eigenvalue weighted by molar-refractivity contribution is 7.91. The van der Waals surface area contributed by atoms with Crippen molar-refractivity contribution in [2.24, 2.45) is 5.92 Å². The van der Waals surface area contributed by atoms with Gasteiger partial charge in [-0.1, -0.05) is 31.6 Å². The van der Waals surface area contributed by atoms with E-state index in [4.69, 9.17) is 5.73 Å². The fourth-order valence-electron chi connectivity index (χ4n) is 0.787. The molecule has 0 aliphatic heterocycles. The van der Waals surface area contributed by atoms with Crippen molar-refractivity contribution in [3.8, 4) is 0 Å². The van der Waals surface area contributed by atoms with Crippen LogP contribution >= 0.6 is 11.3 Å². The van der Waals surface area contributed by atoms with E-state index in [1.165, 1.54) is 0 Å². The smallest absolute Gasteiger partial charge is 0.269 e. The van der Waals surface area contributed by atoms with Gasteiger partial charge in [0.1, 0.15) is 0 Å². The Morgan fingerprint density at radius 3 is 2.67 bits per heavy atom. The molecule has 1 aromatic rings. The first-order valence-electron chi connectivity index (χ1n) is 4.54. The van der Waals surface area contributed by atoms with E-state index in [1.807, 2.05) is 13.8 Å². The fraction of sp³-hybridized carbons (Fsp3) is 0.714. The zero-order valence-electron chi connectivity index (χ0n) is 8.60. The molecule has 86 valence electrons. The van der Waals surface area contributed by atoms with Gasteiger partial charge in [0.25, 0.3) is 10.0 Å². The van der Waals surface area contributed by atoms with Gasteiger partial charge in [-0.25, -0.2) is 13.1 Å². The van der Waals surface area contributed by atoms with E-state index in [1.54, 1.807) is 0 Å². The van der Waals surface area contributed by atoms with Crippen molar-refractivity contribution in [2.45, 2.75) is 24.6 Å². The van der Waals surface area contributed by atoms with E-state index in [-0.39, 0.29) is 9.47 Å². The summed E-state index contributed by atoms with van der Waals surface area (Å²) in [5, 5.41) is 7.09. The Balaban J connectivity index is 2.68. The number of nitrogens with two attached hydrogens (primary N) is 1. The third-order valence-electron chi connectivity index (χ3n) is 1.97. The number of nitrogens with zero attached hydrogens (tertiary/aromatic N) is 2. The molecule has 0 aromatic carbocycles. The highest BCUT2D eigenvalue weighted by atomic mass is 32.2. The molecule has 0 radical (unpaired) electrons. The molecule has 0 saturated heterocycles. The normalized spacial score (nSPS) is 14.0. The van der Waals surface area contributed by atoms with E-state index in [9.17, 15) is 8.42 Å². The summed E-state index contributed by atoms with van der Waals surface area (Å²) in [4.78, 5) is 0. The second-order valence-corrected chi connectivity index (χ2v) is 6.22. The summed E-state index contributed by atoms with van der Waals surface area (Å²) in [6.07, 6.45) is 0.917. The first-order chi connectivity index (χ1) is 6.95. The molecule has 1 rings (SSSR count). The quantitative estimate of drug-likeness (QED) is 0.790. The first kappa shape index (κ1) is 12.3. The summed E-state index contributed by atoms with van der Waals surface area (Å²) in [6.45, 7) is 4.37. The van der Waals surface area contributed by atoms with E-state index >= 15 is 0 Å². The van der Waals surface area contributed by atoms with Crippen LogP contribution in [0.15, 0.2) is 4.34 Å². The van der Waals surface area contributed by atoms with E-state index < -0.39 is 10.0 Å². The Labute approximate surface area is 93.0 Å². The highest BCUT2D eigenvalue weighted by Gasteiger charge is 2.19. The van der Waals surface area contributed by atoms with Crippen LogP contribution in [-0.4, -0.2) is 25.2 Å². The minimum Gasteiger partial charge on any atom is -0.374 e. The summed E-state index contributed by atoms with van der Waals surface area (Å²) in [5.41, 5.74) is 5.31. The van der Waals surface area contributed by atoms with Crippen molar-refractivity contribution in [1.82, 2.24) is 14.9 Å². The number of rotatable bonds is 5. The lowest BCUT2D eigenvalue weighted by Crippen LogP contribution is -2.28. The maximum Gasteiger partial charge on any atom is 0.269 e. The van der Waals surface area contributed by atoms with E-state index in [0.29, 0.717) is 12.5 Å². The third kappa shape index (κ3) is 3.40. The first-order valence-corrected chi connectivity index (χ1v) is 6.84. The maximum absolute atomic E-state index is 11.6. The van der Waals surface area contributed by atoms with Crippen LogP contribution in [0.4, 0.5) is 5.13 Å². The standard InChI is InChI=1S/C7H14N4O2S2/c1-3-5(2)4-9-15(12,13)7-11-10-6(8)14-7/h5,9H,3-4H2,1-2H3,(H2,8,10). The number of aromatic nitrogens is 2. The lowest BCUT2D eigenvalue weighted by molar-refractivity contribution is 0.527. The van der Waals surface area contributed by atoms with E-state index in [2.05, 4.69) is 14.9 Å². The van der Waals surface area contributed by atoms with Gasteiger partial charge in [0.2, 0.25) is 9.47 Å². The Morgan fingerprint density at radius 1 is 1.53 bits per heavy atom. The molecule has 6 nitrogen and oxygen atoms in total. The molecule has 8 heteroatoms. The number of sulfonamides is 1. The number of nitrogens with one attached hydrogen (secondary N) is 1. The lowest BCUT2D eigenvalue weighted by atomic mass is 10.1. The maximum atomic E-state index is 11.6. The van der Waals surface area contributed by atoms with Crippen LogP contribution in [-0.2, 0) is 10.0 Å². The van der Waals surface area contributed by atoms with Crippen molar-refractivity contribution in [3.05, 3.63) is 0 Å². The molecule has 3 N–H and O–H groups in total. The SMILES string of the molecule is CCC(C)CNS(=O)(=O)c1nnc(N)s1. The molecular weight excluding hydrogens is 236 g/mol. The summed E-state index contributed by atoms with van der Waals surface area (Å²) in [6, 6.07) is 0. The third-order valence-corrected chi connectivity index (χ3v) is 4.51. The van der Waals surface area contributed by atoms with Crippen LogP contribution in [0.2, 0.25) is 0 Å². The summed E-state index contributed by atoms with van der Waals surface area (Å²) in [5.74, 6) is 0.296. The average molecular weight is 250 g/mol. The summed E-state index contributed by atoms with van der Waals surface area (Å²) in [7, 11) is -3.53. The van der Waals surface area contributed by atoms with Crippen LogP contribution in [0.5, 0.6) is 0 Å². The molecule has 0 fully saturated rings. The van der Waals surface area contributed by atoms with Crippen molar-refractivity contribution in [2.75, 3.05) is 12.3 Å². The largest absolute Gasteiger partial charge is 0.374 e. The summed E-state index contributed by atoms with van der Waals surface area (Å²) < 4.78 is 25.6. The molecule has 0 amide bonds. The zero-order valence-corrected chi connectivity index (χ0v) is 10.2. The average Bonchev–Trinajstić information content (AvgIpc) is 2.62. The van der Waals surface area contributed by atoms with Crippen molar-refractivity contribution in [1.29, 1.82) is 0 Å². The zero-order chi connectivity index (χ0) is 11.5. The number of nitrogen functional groups attached to an aromatic ring is 1. The Bertz CT molecular complexity index is 414. The number of anilines is 1. The van der Waals surface area contributed by atoms with Crippen LogP contribution in [0.3, 0.4) is 0 Å². The molecule has 1 heterocycles. The monoisotopic (exact) mass is 250 g/mol. The molecule has 0 aliphatic rings. The van der Waals surface area contributed by atoms with Gasteiger partial charge in [0, 0.05) is 6.54 Å². The topological polar surface area (TPSA) is 98.0 Å². The van der Waals surface area contributed by atoms with Gasteiger partial charge < -0.3 is 5.73 Å². The molecule has 0 spiro atoms. The molecular formula is C7H14N4O2S2. The van der Waals surface area contributed by atoms with Crippen LogP contribution in [0.1, 0.15) is 20.3 Å². The molecule has 0 bridgehead atoms. The van der Waals surface area contributed by atoms with Gasteiger partial charge in [-0.05, 0) is 5.92 Å². The van der Waals surface area contributed by atoms with Gasteiger partial charge in [0.05, 0.1) is 0 Å². The van der Waals surface area contributed by atoms with Gasteiger partial charge in [-0.3, -0.25) is 0 Å². The van der Waals surface area contributed by atoms with E-state index in [0.717, 1.165) is 17.8 Å². The second-order valence-electron chi connectivity index (χ2n) is 3.27. The van der Waals surface area contributed by atoms with Crippen molar-refractivity contribution < 1.29 is 8.42 Å². The van der Waals surface area contributed by atoms with Crippen molar-refractivity contribution in [3.63, 3.8) is 0 Å². The molecule has 15 heavy (non-hydrogen) atoms. The number of hydrogen-bond donors (Lipinski definition) is 2. The van der Waals surface area contributed by atoms with Gasteiger partial charge in [-0.2, -0.15) is 0 Å². The predicted octanol–water partition coefficient (Wildman–Crippen LogP) is 0.445. The Hall–Kier alpha value is -0.730. The molecule has 0 saturated carbocycles. The highest BCUT2D eigenvalue weighted by Crippen LogP contribution is 2.16. The minimum absolute atomic E-state index is 0.0803. The predicted molar refractivity (Wildman–Crippen MR) is 59.0 cm³/mol.